The van der Waals surface area contributed by atoms with Gasteiger partial charge in [-0.1, -0.05) is 11.6 Å². The maximum atomic E-state index is 12.2. The molecule has 0 aliphatic carbocycles. The third-order valence-electron chi connectivity index (χ3n) is 2.91. The Morgan fingerprint density at radius 1 is 1.38 bits per heavy atom. The van der Waals surface area contributed by atoms with Crippen molar-refractivity contribution < 1.29 is 4.79 Å². The molecule has 0 bridgehead atoms. The van der Waals surface area contributed by atoms with Crippen LogP contribution in [0.25, 0.3) is 0 Å². The molecule has 4 heteroatoms. The maximum Gasteiger partial charge on any atom is 0.254 e. The predicted octanol–water partition coefficient (Wildman–Crippen LogP) is 3.18. The van der Waals surface area contributed by atoms with Crippen LogP contribution in [0.1, 0.15) is 23.2 Å². The van der Waals surface area contributed by atoms with Crippen molar-refractivity contribution in [3.8, 4) is 0 Å². The van der Waals surface area contributed by atoms with E-state index >= 15 is 0 Å². The molecule has 0 aromatic heterocycles. The van der Waals surface area contributed by atoms with E-state index in [-0.39, 0.29) is 11.9 Å². The summed E-state index contributed by atoms with van der Waals surface area (Å²) < 4.78 is 0. The van der Waals surface area contributed by atoms with E-state index in [9.17, 15) is 4.79 Å². The first-order valence-electron chi connectivity index (χ1n) is 5.35. The number of nitrogens with zero attached hydrogens (tertiary/aromatic N) is 1. The van der Waals surface area contributed by atoms with Crippen molar-refractivity contribution in [1.29, 1.82) is 0 Å². The van der Waals surface area contributed by atoms with Crippen LogP contribution < -0.4 is 0 Å². The Morgan fingerprint density at radius 3 is 2.69 bits per heavy atom. The van der Waals surface area contributed by atoms with Gasteiger partial charge in [-0.05, 0) is 37.1 Å². The Kier molecular flexibility index (Phi) is 3.72. The van der Waals surface area contributed by atoms with Gasteiger partial charge < -0.3 is 4.90 Å². The van der Waals surface area contributed by atoms with Crippen molar-refractivity contribution in [1.82, 2.24) is 4.90 Å². The van der Waals surface area contributed by atoms with Crippen LogP contribution in [-0.4, -0.2) is 29.3 Å². The number of amides is 1. The normalized spacial score (nSPS) is 20.1. The topological polar surface area (TPSA) is 20.3 Å². The van der Waals surface area contributed by atoms with Crippen LogP contribution in [0.2, 0.25) is 5.02 Å². The van der Waals surface area contributed by atoms with Crippen LogP contribution in [0.5, 0.6) is 0 Å². The Balaban J connectivity index is 2.15. The standard InChI is InChI=1S/C12H13Cl2NO/c13-8-11-2-1-7-15(11)12(16)9-3-5-10(14)6-4-9/h3-6,11H,1-2,7-8H2. The second-order valence-corrected chi connectivity index (χ2v) is 4.70. The van der Waals surface area contributed by atoms with Crippen LogP contribution in [0, 0.1) is 0 Å². The van der Waals surface area contributed by atoms with Crippen molar-refractivity contribution >= 4 is 29.1 Å². The van der Waals surface area contributed by atoms with Crippen molar-refractivity contribution in [3.63, 3.8) is 0 Å². The van der Waals surface area contributed by atoms with Gasteiger partial charge in [-0.25, -0.2) is 0 Å². The molecule has 1 heterocycles. The van der Waals surface area contributed by atoms with Gasteiger partial charge in [0.1, 0.15) is 0 Å². The molecule has 1 amide bonds. The fourth-order valence-corrected chi connectivity index (χ4v) is 2.47. The van der Waals surface area contributed by atoms with Crippen molar-refractivity contribution in [2.24, 2.45) is 0 Å². The van der Waals surface area contributed by atoms with Gasteiger partial charge in [0, 0.05) is 29.1 Å². The van der Waals surface area contributed by atoms with Gasteiger partial charge in [0.25, 0.3) is 5.91 Å². The Labute approximate surface area is 105 Å². The zero-order chi connectivity index (χ0) is 11.5. The SMILES string of the molecule is O=C(c1ccc(Cl)cc1)N1CCCC1CCl. The average molecular weight is 258 g/mol. The fourth-order valence-electron chi connectivity index (χ4n) is 2.02. The monoisotopic (exact) mass is 257 g/mol. The van der Waals surface area contributed by atoms with Gasteiger partial charge in [-0.15, -0.1) is 11.6 Å². The lowest BCUT2D eigenvalue weighted by atomic mass is 10.2. The van der Waals surface area contributed by atoms with Crippen molar-refractivity contribution in [2.45, 2.75) is 18.9 Å². The molecule has 16 heavy (non-hydrogen) atoms. The largest absolute Gasteiger partial charge is 0.334 e. The van der Waals surface area contributed by atoms with Gasteiger partial charge >= 0.3 is 0 Å². The molecule has 1 aromatic carbocycles. The van der Waals surface area contributed by atoms with E-state index < -0.39 is 0 Å². The second-order valence-electron chi connectivity index (χ2n) is 3.96. The Hall–Kier alpha value is -0.730. The first-order chi connectivity index (χ1) is 7.72. The molecule has 1 saturated heterocycles. The molecule has 2 nitrogen and oxygen atoms in total. The first kappa shape index (κ1) is 11.7. The second kappa shape index (κ2) is 5.07. The molecule has 1 fully saturated rings. The molecule has 0 radical (unpaired) electrons. The van der Waals surface area contributed by atoms with E-state index in [1.165, 1.54) is 0 Å². The maximum absolute atomic E-state index is 12.2. The molecule has 86 valence electrons. The third kappa shape index (κ3) is 2.33. The number of rotatable bonds is 2. The summed E-state index contributed by atoms with van der Waals surface area (Å²) in [5.41, 5.74) is 0.682. The molecule has 2 rings (SSSR count). The summed E-state index contributed by atoms with van der Waals surface area (Å²) >= 11 is 11.6. The molecular weight excluding hydrogens is 245 g/mol. The van der Waals surface area contributed by atoms with E-state index in [4.69, 9.17) is 23.2 Å². The highest BCUT2D eigenvalue weighted by Gasteiger charge is 2.28. The molecule has 1 aliphatic heterocycles. The van der Waals surface area contributed by atoms with Gasteiger partial charge in [-0.3, -0.25) is 4.79 Å². The number of halogens is 2. The number of carbonyl (C=O) groups excluding carboxylic acids is 1. The molecule has 1 atom stereocenters. The quantitative estimate of drug-likeness (QED) is 0.746. The van der Waals surface area contributed by atoms with Crippen LogP contribution in [0.15, 0.2) is 24.3 Å². The van der Waals surface area contributed by atoms with E-state index in [1.54, 1.807) is 24.3 Å². The van der Waals surface area contributed by atoms with Crippen LogP contribution in [-0.2, 0) is 0 Å². The summed E-state index contributed by atoms with van der Waals surface area (Å²) in [6.07, 6.45) is 2.04. The smallest absolute Gasteiger partial charge is 0.254 e. The van der Waals surface area contributed by atoms with E-state index in [1.807, 2.05) is 4.90 Å². The van der Waals surface area contributed by atoms with Crippen molar-refractivity contribution in [2.75, 3.05) is 12.4 Å². The molecule has 1 aromatic rings. The molecule has 1 aliphatic rings. The third-order valence-corrected chi connectivity index (χ3v) is 3.52. The summed E-state index contributed by atoms with van der Waals surface area (Å²) in [5.74, 6) is 0.569. The lowest BCUT2D eigenvalue weighted by Crippen LogP contribution is -2.36. The lowest BCUT2D eigenvalue weighted by molar-refractivity contribution is 0.0749. The number of hydrogen-bond acceptors (Lipinski definition) is 1. The highest BCUT2D eigenvalue weighted by Crippen LogP contribution is 2.21. The van der Waals surface area contributed by atoms with Crippen LogP contribution in [0.3, 0.4) is 0 Å². The lowest BCUT2D eigenvalue weighted by Gasteiger charge is -2.22. The predicted molar refractivity (Wildman–Crippen MR) is 66.2 cm³/mol. The minimum absolute atomic E-state index is 0.0554. The summed E-state index contributed by atoms with van der Waals surface area (Å²) in [6, 6.07) is 7.17. The number of carbonyl (C=O) groups is 1. The van der Waals surface area contributed by atoms with E-state index in [2.05, 4.69) is 0 Å². The number of hydrogen-bond donors (Lipinski definition) is 0. The zero-order valence-electron chi connectivity index (χ0n) is 8.83. The highest BCUT2D eigenvalue weighted by atomic mass is 35.5. The molecule has 0 saturated carbocycles. The molecular formula is C12H13Cl2NO. The number of alkyl halides is 1. The Bertz CT molecular complexity index is 377. The first-order valence-corrected chi connectivity index (χ1v) is 6.26. The molecule has 0 N–H and O–H groups in total. The minimum Gasteiger partial charge on any atom is -0.334 e. The minimum atomic E-state index is 0.0554. The summed E-state index contributed by atoms with van der Waals surface area (Å²) in [7, 11) is 0. The van der Waals surface area contributed by atoms with Crippen LogP contribution in [0.4, 0.5) is 0 Å². The van der Waals surface area contributed by atoms with Gasteiger partial charge in [0.2, 0.25) is 0 Å². The van der Waals surface area contributed by atoms with Crippen molar-refractivity contribution in [3.05, 3.63) is 34.9 Å². The number of benzene rings is 1. The van der Waals surface area contributed by atoms with Gasteiger partial charge in [-0.2, -0.15) is 0 Å². The summed E-state index contributed by atoms with van der Waals surface area (Å²) in [5, 5.41) is 0.645. The summed E-state index contributed by atoms with van der Waals surface area (Å²) in [4.78, 5) is 14.0. The zero-order valence-corrected chi connectivity index (χ0v) is 10.3. The highest BCUT2D eigenvalue weighted by molar-refractivity contribution is 6.30. The fraction of sp³-hybridized carbons (Fsp3) is 0.417. The molecule has 1 unspecified atom stereocenters. The van der Waals surface area contributed by atoms with E-state index in [0.29, 0.717) is 16.5 Å². The molecule has 0 spiro atoms. The van der Waals surface area contributed by atoms with Gasteiger partial charge in [0.05, 0.1) is 0 Å². The van der Waals surface area contributed by atoms with Gasteiger partial charge in [0.15, 0.2) is 0 Å². The number of likely N-dealkylation sites (tertiary alicyclic amines) is 1. The van der Waals surface area contributed by atoms with E-state index in [0.717, 1.165) is 19.4 Å². The van der Waals surface area contributed by atoms with Crippen LogP contribution >= 0.6 is 23.2 Å². The summed E-state index contributed by atoms with van der Waals surface area (Å²) in [6.45, 7) is 0.804. The Morgan fingerprint density at radius 2 is 2.06 bits per heavy atom. The average Bonchev–Trinajstić information content (AvgIpc) is 2.77.